The number of hydrogen-bond donors (Lipinski definition) is 0. The average molecular weight is 244 g/mol. The zero-order valence-electron chi connectivity index (χ0n) is 9.72. The molecule has 0 radical (unpaired) electrons. The SMILES string of the molecule is C=Cc1sc[n+](CC(=O)c2ccccc2)c1C. The van der Waals surface area contributed by atoms with Crippen molar-refractivity contribution in [2.45, 2.75) is 13.5 Å². The van der Waals surface area contributed by atoms with Crippen molar-refractivity contribution in [2.75, 3.05) is 0 Å². The van der Waals surface area contributed by atoms with Crippen LogP contribution in [-0.4, -0.2) is 5.78 Å². The maximum Gasteiger partial charge on any atom is 0.227 e. The van der Waals surface area contributed by atoms with Gasteiger partial charge in [-0.15, -0.1) is 0 Å². The fourth-order valence-electron chi connectivity index (χ4n) is 1.65. The molecule has 0 amide bonds. The molecule has 0 unspecified atom stereocenters. The van der Waals surface area contributed by atoms with E-state index in [1.165, 1.54) is 0 Å². The average Bonchev–Trinajstić information content (AvgIpc) is 2.71. The van der Waals surface area contributed by atoms with Crippen molar-refractivity contribution in [3.63, 3.8) is 0 Å². The van der Waals surface area contributed by atoms with E-state index in [9.17, 15) is 4.79 Å². The fraction of sp³-hybridized carbons (Fsp3) is 0.143. The van der Waals surface area contributed by atoms with Crippen molar-refractivity contribution in [3.05, 3.63) is 58.6 Å². The maximum atomic E-state index is 12.0. The highest BCUT2D eigenvalue weighted by molar-refractivity contribution is 7.10. The number of carbonyl (C=O) groups is 1. The van der Waals surface area contributed by atoms with E-state index in [0.717, 1.165) is 16.1 Å². The van der Waals surface area contributed by atoms with E-state index in [1.807, 2.05) is 53.4 Å². The van der Waals surface area contributed by atoms with E-state index in [0.29, 0.717) is 6.54 Å². The van der Waals surface area contributed by atoms with Crippen LogP contribution in [0.15, 0.2) is 42.4 Å². The molecule has 0 aliphatic carbocycles. The highest BCUT2D eigenvalue weighted by Gasteiger charge is 2.17. The Morgan fingerprint density at radius 2 is 2.12 bits per heavy atom. The second kappa shape index (κ2) is 5.06. The lowest BCUT2D eigenvalue weighted by Gasteiger charge is -1.97. The van der Waals surface area contributed by atoms with Crippen molar-refractivity contribution in [3.8, 4) is 0 Å². The number of aromatic nitrogens is 1. The predicted molar refractivity (Wildman–Crippen MR) is 70.1 cm³/mol. The highest BCUT2D eigenvalue weighted by Crippen LogP contribution is 2.12. The molecule has 0 spiro atoms. The Labute approximate surface area is 105 Å². The second-order valence-electron chi connectivity index (χ2n) is 3.79. The van der Waals surface area contributed by atoms with Gasteiger partial charge in [0, 0.05) is 12.5 Å². The molecule has 0 N–H and O–H groups in total. The first-order valence-electron chi connectivity index (χ1n) is 5.40. The van der Waals surface area contributed by atoms with Crippen molar-refractivity contribution < 1.29 is 9.36 Å². The van der Waals surface area contributed by atoms with Gasteiger partial charge < -0.3 is 0 Å². The fourth-order valence-corrected chi connectivity index (χ4v) is 2.51. The smallest absolute Gasteiger partial charge is 0.227 e. The van der Waals surface area contributed by atoms with Crippen LogP contribution in [0.2, 0.25) is 0 Å². The van der Waals surface area contributed by atoms with E-state index < -0.39 is 0 Å². The number of Topliss-reactive ketones (excluding diaryl/α,β-unsaturated/α-hetero) is 1. The van der Waals surface area contributed by atoms with Crippen LogP contribution in [0, 0.1) is 6.92 Å². The van der Waals surface area contributed by atoms with Gasteiger partial charge in [0.1, 0.15) is 0 Å². The summed E-state index contributed by atoms with van der Waals surface area (Å²) < 4.78 is 1.97. The molecule has 2 aromatic rings. The van der Waals surface area contributed by atoms with Crippen molar-refractivity contribution in [1.82, 2.24) is 0 Å². The molecule has 0 bridgehead atoms. The highest BCUT2D eigenvalue weighted by atomic mass is 32.1. The lowest BCUT2D eigenvalue weighted by atomic mass is 10.1. The summed E-state index contributed by atoms with van der Waals surface area (Å²) in [6, 6.07) is 9.37. The summed E-state index contributed by atoms with van der Waals surface area (Å²) in [5.74, 6) is 0.132. The van der Waals surface area contributed by atoms with Gasteiger partial charge in [0.2, 0.25) is 17.8 Å². The van der Waals surface area contributed by atoms with E-state index in [4.69, 9.17) is 0 Å². The molecule has 0 aliphatic rings. The third-order valence-corrected chi connectivity index (χ3v) is 3.77. The summed E-state index contributed by atoms with van der Waals surface area (Å²) in [6.07, 6.45) is 1.82. The van der Waals surface area contributed by atoms with Gasteiger partial charge in [0.05, 0.1) is 4.88 Å². The number of carbonyl (C=O) groups excluding carboxylic acids is 1. The summed E-state index contributed by atoms with van der Waals surface area (Å²) in [5, 5.41) is 0. The number of ketones is 1. The quantitative estimate of drug-likeness (QED) is 0.598. The molecular formula is C14H14NOS+. The van der Waals surface area contributed by atoms with Crippen LogP contribution in [0.25, 0.3) is 6.08 Å². The Morgan fingerprint density at radius 3 is 2.71 bits per heavy atom. The minimum atomic E-state index is 0.132. The minimum absolute atomic E-state index is 0.132. The molecule has 3 heteroatoms. The predicted octanol–water partition coefficient (Wildman–Crippen LogP) is 2.87. The molecule has 1 aromatic heterocycles. The third-order valence-electron chi connectivity index (χ3n) is 2.69. The molecule has 1 aromatic carbocycles. The summed E-state index contributed by atoms with van der Waals surface area (Å²) in [6.45, 7) is 6.15. The van der Waals surface area contributed by atoms with Crippen LogP contribution in [0.3, 0.4) is 0 Å². The van der Waals surface area contributed by atoms with Crippen LogP contribution >= 0.6 is 11.3 Å². The maximum absolute atomic E-state index is 12.0. The molecule has 1 heterocycles. The summed E-state index contributed by atoms with van der Waals surface area (Å²) in [5.41, 5.74) is 3.81. The molecule has 0 atom stereocenters. The van der Waals surface area contributed by atoms with Gasteiger partial charge in [0.25, 0.3) is 0 Å². The van der Waals surface area contributed by atoms with Crippen LogP contribution in [0.5, 0.6) is 0 Å². The standard InChI is InChI=1S/C14H14NOS/c1-3-14-11(2)15(10-17-14)9-13(16)12-7-5-4-6-8-12/h3-8,10H,1,9H2,2H3/q+1. The second-order valence-corrected chi connectivity index (χ2v) is 4.68. The molecule has 86 valence electrons. The van der Waals surface area contributed by atoms with Gasteiger partial charge in [-0.25, -0.2) is 0 Å². The van der Waals surface area contributed by atoms with Gasteiger partial charge in [-0.3, -0.25) is 4.79 Å². The van der Waals surface area contributed by atoms with Crippen LogP contribution in [0.1, 0.15) is 20.9 Å². The number of benzene rings is 1. The Hall–Kier alpha value is -1.74. The first kappa shape index (κ1) is 11.7. The third kappa shape index (κ3) is 2.50. The molecule has 0 aliphatic heterocycles. The molecule has 2 nitrogen and oxygen atoms in total. The van der Waals surface area contributed by atoms with Crippen LogP contribution < -0.4 is 4.57 Å². The van der Waals surface area contributed by atoms with Gasteiger partial charge >= 0.3 is 0 Å². The Bertz CT molecular complexity index is 543. The van der Waals surface area contributed by atoms with Crippen LogP contribution in [0.4, 0.5) is 0 Å². The molecule has 17 heavy (non-hydrogen) atoms. The molecule has 0 fully saturated rings. The number of nitrogens with zero attached hydrogens (tertiary/aromatic N) is 1. The summed E-state index contributed by atoms with van der Waals surface area (Å²) in [4.78, 5) is 13.1. The van der Waals surface area contributed by atoms with Gasteiger partial charge in [-0.2, -0.15) is 4.57 Å². The van der Waals surface area contributed by atoms with E-state index in [2.05, 4.69) is 6.58 Å². The van der Waals surface area contributed by atoms with Crippen molar-refractivity contribution >= 4 is 23.2 Å². The Kier molecular flexibility index (Phi) is 3.49. The van der Waals surface area contributed by atoms with E-state index >= 15 is 0 Å². The van der Waals surface area contributed by atoms with Gasteiger partial charge in [-0.1, -0.05) is 48.2 Å². The zero-order valence-corrected chi connectivity index (χ0v) is 10.5. The van der Waals surface area contributed by atoms with Crippen molar-refractivity contribution in [1.29, 1.82) is 0 Å². The Balaban J connectivity index is 2.19. The largest absolute Gasteiger partial charge is 0.287 e. The lowest BCUT2D eigenvalue weighted by Crippen LogP contribution is -2.38. The Morgan fingerprint density at radius 1 is 1.41 bits per heavy atom. The van der Waals surface area contributed by atoms with Gasteiger partial charge in [-0.05, 0) is 6.08 Å². The van der Waals surface area contributed by atoms with E-state index in [-0.39, 0.29) is 5.78 Å². The monoisotopic (exact) mass is 244 g/mol. The topological polar surface area (TPSA) is 20.9 Å². The summed E-state index contributed by atoms with van der Waals surface area (Å²) >= 11 is 1.61. The first-order valence-corrected chi connectivity index (χ1v) is 6.28. The molecule has 0 saturated carbocycles. The zero-order chi connectivity index (χ0) is 12.3. The van der Waals surface area contributed by atoms with Gasteiger partial charge in [0.15, 0.2) is 5.69 Å². The number of thiazole rings is 1. The van der Waals surface area contributed by atoms with Crippen LogP contribution in [-0.2, 0) is 6.54 Å². The normalized spacial score (nSPS) is 10.2. The molecule has 0 saturated heterocycles. The summed E-state index contributed by atoms with van der Waals surface area (Å²) in [7, 11) is 0. The molecular weight excluding hydrogens is 230 g/mol. The lowest BCUT2D eigenvalue weighted by molar-refractivity contribution is -0.684. The van der Waals surface area contributed by atoms with Crippen molar-refractivity contribution in [2.24, 2.45) is 0 Å². The molecule has 2 rings (SSSR count). The number of rotatable bonds is 4. The minimum Gasteiger partial charge on any atom is -0.287 e. The first-order chi connectivity index (χ1) is 8.22. The number of hydrogen-bond acceptors (Lipinski definition) is 2. The van der Waals surface area contributed by atoms with E-state index in [1.54, 1.807) is 11.3 Å².